The molecule has 2 unspecified atom stereocenters. The Labute approximate surface area is 163 Å². The molecule has 2 aliphatic rings. The third kappa shape index (κ3) is 4.91. The molecule has 2 atom stereocenters. The van der Waals surface area contributed by atoms with Gasteiger partial charge >= 0.3 is 0 Å². The van der Waals surface area contributed by atoms with Crippen LogP contribution in [0.1, 0.15) is 70.3 Å². The molecule has 0 aromatic heterocycles. The van der Waals surface area contributed by atoms with E-state index in [0.29, 0.717) is 18.4 Å². The quantitative estimate of drug-likeness (QED) is 0.819. The van der Waals surface area contributed by atoms with E-state index >= 15 is 0 Å². The largest absolute Gasteiger partial charge is 0.354 e. The number of likely N-dealkylation sites (tertiary alicyclic amines) is 1. The molecule has 3 rings (SSSR count). The van der Waals surface area contributed by atoms with Gasteiger partial charge in [0.15, 0.2) is 0 Å². The van der Waals surface area contributed by atoms with E-state index in [0.717, 1.165) is 45.1 Å². The van der Waals surface area contributed by atoms with E-state index in [-0.39, 0.29) is 23.8 Å². The van der Waals surface area contributed by atoms with Crippen molar-refractivity contribution in [3.8, 4) is 0 Å². The van der Waals surface area contributed by atoms with Gasteiger partial charge in [-0.3, -0.25) is 9.59 Å². The molecule has 2 fully saturated rings. The third-order valence-electron chi connectivity index (χ3n) is 6.32. The highest BCUT2D eigenvalue weighted by Crippen LogP contribution is 2.29. The smallest absolute Gasteiger partial charge is 0.242 e. The number of hydrogen-bond acceptors (Lipinski definition) is 2. The Hall–Kier alpha value is -1.84. The first kappa shape index (κ1) is 19.9. The predicted octanol–water partition coefficient (Wildman–Crippen LogP) is 4.11. The Balaban J connectivity index is 1.59. The second kappa shape index (κ2) is 9.38. The van der Waals surface area contributed by atoms with E-state index < -0.39 is 0 Å². The Morgan fingerprint density at radius 2 is 1.74 bits per heavy atom. The summed E-state index contributed by atoms with van der Waals surface area (Å²) in [5.74, 6) is 1.12. The zero-order chi connectivity index (χ0) is 19.2. The standard InChI is InChI=1S/C23H34N2O2/c1-17(2)20(18-10-5-3-6-11-18)16-24-22(26)21-14-9-15-25(21)23(27)19-12-7-4-8-13-19/h3,5-6,10-11,17,19-21H,4,7-9,12-16H2,1-2H3,(H,24,26). The maximum atomic E-state index is 12.9. The number of amides is 2. The summed E-state index contributed by atoms with van der Waals surface area (Å²) in [7, 11) is 0. The molecule has 1 aliphatic heterocycles. The van der Waals surface area contributed by atoms with Crippen molar-refractivity contribution >= 4 is 11.8 Å². The van der Waals surface area contributed by atoms with Crippen molar-refractivity contribution in [3.63, 3.8) is 0 Å². The lowest BCUT2D eigenvalue weighted by atomic mass is 9.88. The van der Waals surface area contributed by atoms with E-state index in [1.165, 1.54) is 12.0 Å². The number of nitrogens with zero attached hydrogens (tertiary/aromatic N) is 1. The molecule has 1 aromatic carbocycles. The van der Waals surface area contributed by atoms with Crippen molar-refractivity contribution in [2.45, 2.75) is 70.8 Å². The summed E-state index contributed by atoms with van der Waals surface area (Å²) < 4.78 is 0. The SMILES string of the molecule is CC(C)C(CNC(=O)C1CCCN1C(=O)C1CCCCC1)c1ccccc1. The summed E-state index contributed by atoms with van der Waals surface area (Å²) in [5.41, 5.74) is 1.26. The van der Waals surface area contributed by atoms with Gasteiger partial charge < -0.3 is 10.2 Å². The molecule has 1 aromatic rings. The van der Waals surface area contributed by atoms with Crippen molar-refractivity contribution in [2.75, 3.05) is 13.1 Å². The first-order chi connectivity index (χ1) is 13.1. The van der Waals surface area contributed by atoms with Gasteiger partial charge in [-0.2, -0.15) is 0 Å². The fraction of sp³-hybridized carbons (Fsp3) is 0.652. The predicted molar refractivity (Wildman–Crippen MR) is 108 cm³/mol. The highest BCUT2D eigenvalue weighted by Gasteiger charge is 2.37. The maximum absolute atomic E-state index is 12.9. The van der Waals surface area contributed by atoms with Gasteiger partial charge in [0, 0.05) is 24.9 Å². The first-order valence-corrected chi connectivity index (χ1v) is 10.7. The molecule has 0 bridgehead atoms. The molecule has 27 heavy (non-hydrogen) atoms. The van der Waals surface area contributed by atoms with Gasteiger partial charge in [0.25, 0.3) is 0 Å². The molecule has 4 heteroatoms. The molecule has 2 amide bonds. The zero-order valence-electron chi connectivity index (χ0n) is 16.8. The van der Waals surface area contributed by atoms with Gasteiger partial charge in [-0.05, 0) is 37.2 Å². The van der Waals surface area contributed by atoms with Crippen LogP contribution in [0.25, 0.3) is 0 Å². The average Bonchev–Trinajstić information content (AvgIpc) is 3.18. The third-order valence-corrected chi connectivity index (χ3v) is 6.32. The lowest BCUT2D eigenvalue weighted by molar-refractivity contribution is -0.142. The van der Waals surface area contributed by atoms with Crippen LogP contribution in [-0.4, -0.2) is 35.8 Å². The second-order valence-corrected chi connectivity index (χ2v) is 8.53. The fourth-order valence-corrected chi connectivity index (χ4v) is 4.65. The van der Waals surface area contributed by atoms with E-state index in [9.17, 15) is 9.59 Å². The van der Waals surface area contributed by atoms with Gasteiger partial charge in [0.2, 0.25) is 11.8 Å². The number of carbonyl (C=O) groups excluding carboxylic acids is 2. The van der Waals surface area contributed by atoms with Crippen molar-refractivity contribution in [2.24, 2.45) is 11.8 Å². The zero-order valence-corrected chi connectivity index (χ0v) is 16.8. The molecule has 0 spiro atoms. The Kier molecular flexibility index (Phi) is 6.92. The van der Waals surface area contributed by atoms with Crippen molar-refractivity contribution in [1.29, 1.82) is 0 Å². The summed E-state index contributed by atoms with van der Waals surface area (Å²) in [6.07, 6.45) is 7.25. The van der Waals surface area contributed by atoms with Crippen LogP contribution in [-0.2, 0) is 9.59 Å². The van der Waals surface area contributed by atoms with Crippen LogP contribution in [0.15, 0.2) is 30.3 Å². The minimum absolute atomic E-state index is 0.0261. The molecule has 1 saturated heterocycles. The topological polar surface area (TPSA) is 49.4 Å². The molecule has 1 N–H and O–H groups in total. The number of nitrogens with one attached hydrogen (secondary N) is 1. The van der Waals surface area contributed by atoms with E-state index in [1.807, 2.05) is 23.1 Å². The molecule has 148 valence electrons. The number of carbonyl (C=O) groups is 2. The van der Waals surface area contributed by atoms with Gasteiger partial charge in [0.05, 0.1) is 0 Å². The van der Waals surface area contributed by atoms with Crippen molar-refractivity contribution in [3.05, 3.63) is 35.9 Å². The number of benzene rings is 1. The average molecular weight is 371 g/mol. The van der Waals surface area contributed by atoms with E-state index in [2.05, 4.69) is 31.3 Å². The molecular formula is C23H34N2O2. The van der Waals surface area contributed by atoms with E-state index in [4.69, 9.17) is 0 Å². The normalized spacial score (nSPS) is 22.0. The van der Waals surface area contributed by atoms with Gasteiger partial charge in [-0.1, -0.05) is 63.4 Å². The van der Waals surface area contributed by atoms with Crippen LogP contribution >= 0.6 is 0 Å². The van der Waals surface area contributed by atoms with Gasteiger partial charge in [0.1, 0.15) is 6.04 Å². The lowest BCUT2D eigenvalue weighted by Crippen LogP contribution is -2.48. The van der Waals surface area contributed by atoms with E-state index in [1.54, 1.807) is 0 Å². The lowest BCUT2D eigenvalue weighted by Gasteiger charge is -2.30. The highest BCUT2D eigenvalue weighted by atomic mass is 16.2. The maximum Gasteiger partial charge on any atom is 0.242 e. The fourth-order valence-electron chi connectivity index (χ4n) is 4.65. The molecule has 0 radical (unpaired) electrons. The van der Waals surface area contributed by atoms with Crippen LogP contribution in [0.5, 0.6) is 0 Å². The molecule has 4 nitrogen and oxygen atoms in total. The minimum Gasteiger partial charge on any atom is -0.354 e. The number of hydrogen-bond donors (Lipinski definition) is 1. The molecule has 1 heterocycles. The van der Waals surface area contributed by atoms with Crippen LogP contribution in [0.2, 0.25) is 0 Å². The van der Waals surface area contributed by atoms with Crippen LogP contribution < -0.4 is 5.32 Å². The molecular weight excluding hydrogens is 336 g/mol. The highest BCUT2D eigenvalue weighted by molar-refractivity contribution is 5.89. The molecule has 1 aliphatic carbocycles. The van der Waals surface area contributed by atoms with Crippen molar-refractivity contribution < 1.29 is 9.59 Å². The minimum atomic E-state index is -0.275. The second-order valence-electron chi connectivity index (χ2n) is 8.53. The Morgan fingerprint density at radius 1 is 1.04 bits per heavy atom. The van der Waals surface area contributed by atoms with Gasteiger partial charge in [-0.15, -0.1) is 0 Å². The van der Waals surface area contributed by atoms with Crippen LogP contribution in [0.3, 0.4) is 0 Å². The first-order valence-electron chi connectivity index (χ1n) is 10.7. The van der Waals surface area contributed by atoms with Crippen molar-refractivity contribution in [1.82, 2.24) is 10.2 Å². The summed E-state index contributed by atoms with van der Waals surface area (Å²) >= 11 is 0. The Morgan fingerprint density at radius 3 is 2.41 bits per heavy atom. The van der Waals surface area contributed by atoms with Crippen LogP contribution in [0, 0.1) is 11.8 Å². The summed E-state index contributed by atoms with van der Waals surface area (Å²) in [6, 6.07) is 10.1. The van der Waals surface area contributed by atoms with Crippen LogP contribution in [0.4, 0.5) is 0 Å². The molecule has 1 saturated carbocycles. The summed E-state index contributed by atoms with van der Waals surface area (Å²) in [6.45, 7) is 5.75. The Bertz CT molecular complexity index is 623. The summed E-state index contributed by atoms with van der Waals surface area (Å²) in [5, 5.41) is 3.16. The summed E-state index contributed by atoms with van der Waals surface area (Å²) in [4.78, 5) is 27.7. The monoisotopic (exact) mass is 370 g/mol. The van der Waals surface area contributed by atoms with Gasteiger partial charge in [-0.25, -0.2) is 0 Å². The number of rotatable bonds is 6.